The highest BCUT2D eigenvalue weighted by molar-refractivity contribution is 6.31. The molecule has 4 aliphatic heterocycles. The van der Waals surface area contributed by atoms with Crippen molar-refractivity contribution in [3.05, 3.63) is 70.2 Å². The Balaban J connectivity index is 0.762. The maximum absolute atomic E-state index is 13.3. The van der Waals surface area contributed by atoms with E-state index in [9.17, 15) is 24.0 Å². The van der Waals surface area contributed by atoms with Crippen LogP contribution in [0.25, 0.3) is 0 Å². The Hall–Kier alpha value is -5.59. The van der Waals surface area contributed by atoms with Crippen LogP contribution in [0.1, 0.15) is 71.2 Å². The van der Waals surface area contributed by atoms with Crippen molar-refractivity contribution in [2.75, 3.05) is 60.9 Å². The van der Waals surface area contributed by atoms with Crippen LogP contribution in [0.2, 0.25) is 5.02 Å². The smallest absolute Gasteiger partial charge is 0.262 e. The van der Waals surface area contributed by atoms with Crippen LogP contribution in [-0.2, 0) is 14.4 Å². The quantitative estimate of drug-likeness (QED) is 0.302. The van der Waals surface area contributed by atoms with Gasteiger partial charge in [0.25, 0.3) is 11.8 Å². The van der Waals surface area contributed by atoms with Gasteiger partial charge in [-0.25, -0.2) is 0 Å². The lowest BCUT2D eigenvalue weighted by Crippen LogP contribution is -2.54. The van der Waals surface area contributed by atoms with Crippen molar-refractivity contribution in [2.45, 2.75) is 57.1 Å². The minimum absolute atomic E-state index is 0.0878. The third kappa shape index (κ3) is 7.76. The molecule has 5 aliphatic rings. The van der Waals surface area contributed by atoms with E-state index >= 15 is 0 Å². The van der Waals surface area contributed by atoms with Crippen LogP contribution >= 0.6 is 11.6 Å². The lowest BCUT2D eigenvalue weighted by atomic mass is 9.96. The molecule has 3 saturated heterocycles. The summed E-state index contributed by atoms with van der Waals surface area (Å²) in [5, 5.41) is 23.3. The lowest BCUT2D eigenvalue weighted by molar-refractivity contribution is -0.136. The first-order chi connectivity index (χ1) is 27.1. The van der Waals surface area contributed by atoms with Crippen LogP contribution < -0.4 is 25.2 Å². The van der Waals surface area contributed by atoms with Crippen molar-refractivity contribution < 1.29 is 28.7 Å². The molecule has 0 bridgehead atoms. The number of aromatic nitrogens is 2. The van der Waals surface area contributed by atoms with E-state index in [2.05, 4.69) is 35.5 Å². The van der Waals surface area contributed by atoms with Gasteiger partial charge < -0.3 is 19.9 Å². The SMILES string of the molecule is N#Cc1ccc(OC2CCC(C(=O)Nc3ccc(N4CCC(CN5CCN(c6ccc7c(c6)C(=O)N(C6CCC(=O)NC6=O)C7=O)CC5)CC4)nn3)C2)cc1Cl. The number of carbonyl (C=O) groups excluding carboxylic acids is 5. The fourth-order valence-corrected chi connectivity index (χ4v) is 8.69. The summed E-state index contributed by atoms with van der Waals surface area (Å²) in [4.78, 5) is 71.4. The van der Waals surface area contributed by atoms with Crippen LogP contribution in [0.3, 0.4) is 0 Å². The Morgan fingerprint density at radius 2 is 1.66 bits per heavy atom. The molecule has 3 atom stereocenters. The number of nitrogens with zero attached hydrogens (tertiary/aromatic N) is 7. The number of ether oxygens (including phenoxy) is 1. The molecular formula is C40H42ClN9O6. The third-order valence-corrected chi connectivity index (χ3v) is 11.9. The summed E-state index contributed by atoms with van der Waals surface area (Å²) in [6, 6.07) is 15.1. The van der Waals surface area contributed by atoms with Crippen molar-refractivity contribution in [1.29, 1.82) is 5.26 Å². The Kier molecular flexibility index (Phi) is 10.6. The van der Waals surface area contributed by atoms with Gasteiger partial charge in [-0.05, 0) is 86.9 Å². The van der Waals surface area contributed by atoms with Crippen LogP contribution in [0.5, 0.6) is 5.75 Å². The normalized spacial score (nSPS) is 23.2. The van der Waals surface area contributed by atoms with E-state index in [1.807, 2.05) is 18.2 Å². The van der Waals surface area contributed by atoms with Crippen LogP contribution in [-0.4, -0.2) is 107 Å². The van der Waals surface area contributed by atoms with E-state index in [1.165, 1.54) is 0 Å². The maximum atomic E-state index is 13.3. The molecule has 3 unspecified atom stereocenters. The summed E-state index contributed by atoms with van der Waals surface area (Å²) in [6.45, 7) is 6.09. The van der Waals surface area contributed by atoms with Gasteiger partial charge in [-0.1, -0.05) is 11.6 Å². The van der Waals surface area contributed by atoms with Gasteiger partial charge in [0.05, 0.1) is 27.8 Å². The highest BCUT2D eigenvalue weighted by Crippen LogP contribution is 2.33. The number of amides is 5. The molecule has 56 heavy (non-hydrogen) atoms. The highest BCUT2D eigenvalue weighted by Gasteiger charge is 2.45. The molecule has 0 spiro atoms. The average molecular weight is 780 g/mol. The average Bonchev–Trinajstić information content (AvgIpc) is 3.77. The van der Waals surface area contributed by atoms with Crippen molar-refractivity contribution in [1.82, 2.24) is 25.3 Å². The van der Waals surface area contributed by atoms with Crippen molar-refractivity contribution in [3.63, 3.8) is 0 Å². The van der Waals surface area contributed by atoms with E-state index in [0.29, 0.717) is 46.5 Å². The standard InChI is InChI=1S/C40H42ClN9O6/c41-32-21-29(5-2-26(32)22-42)56-28-4-1-25(19-28)37(52)43-34-8-9-35(46-45-34)49-13-11-24(12-14-49)23-47-15-17-48(18-16-47)27-3-6-30-31(20-27)40(55)50(39(30)54)33-7-10-36(51)44-38(33)53/h2-3,5-6,8-9,20-21,24-25,28,33H,1,4,7,10-19,23H2,(H,43,45,52)(H,44,51,53). The first-order valence-electron chi connectivity index (χ1n) is 19.2. The number of piperidine rings is 2. The number of nitriles is 1. The molecular weight excluding hydrogens is 738 g/mol. The van der Waals surface area contributed by atoms with Gasteiger partial charge in [-0.2, -0.15) is 5.26 Å². The minimum Gasteiger partial charge on any atom is -0.490 e. The molecule has 15 nitrogen and oxygen atoms in total. The largest absolute Gasteiger partial charge is 0.490 e. The number of imide groups is 2. The summed E-state index contributed by atoms with van der Waals surface area (Å²) >= 11 is 6.14. The fourth-order valence-electron chi connectivity index (χ4n) is 8.48. The minimum atomic E-state index is -0.977. The molecule has 2 aromatic carbocycles. The molecule has 16 heteroatoms. The van der Waals surface area contributed by atoms with Gasteiger partial charge in [0.2, 0.25) is 17.7 Å². The number of rotatable bonds is 9. The monoisotopic (exact) mass is 779 g/mol. The zero-order valence-electron chi connectivity index (χ0n) is 30.8. The van der Waals surface area contributed by atoms with E-state index in [1.54, 1.807) is 36.4 Å². The molecule has 5 amide bonds. The van der Waals surface area contributed by atoms with E-state index in [-0.39, 0.29) is 36.3 Å². The fraction of sp³-hybridized carbons (Fsp3) is 0.450. The Morgan fingerprint density at radius 3 is 2.38 bits per heavy atom. The second kappa shape index (κ2) is 15.9. The van der Waals surface area contributed by atoms with E-state index < -0.39 is 29.7 Å². The molecule has 5 heterocycles. The first kappa shape index (κ1) is 37.3. The molecule has 4 fully saturated rings. The number of carbonyl (C=O) groups is 5. The zero-order chi connectivity index (χ0) is 38.9. The summed E-state index contributed by atoms with van der Waals surface area (Å²) in [5.74, 6) is 0.0554. The van der Waals surface area contributed by atoms with Crippen molar-refractivity contribution in [3.8, 4) is 11.8 Å². The predicted molar refractivity (Wildman–Crippen MR) is 205 cm³/mol. The molecule has 1 aromatic heterocycles. The van der Waals surface area contributed by atoms with Crippen LogP contribution in [0.4, 0.5) is 17.3 Å². The number of halogens is 1. The number of hydrogen-bond donors (Lipinski definition) is 2. The number of piperazine rings is 1. The number of benzene rings is 2. The molecule has 3 aromatic rings. The van der Waals surface area contributed by atoms with Gasteiger partial charge in [-0.3, -0.25) is 39.1 Å². The van der Waals surface area contributed by atoms with E-state index in [4.69, 9.17) is 21.6 Å². The van der Waals surface area contributed by atoms with Gasteiger partial charge in [0, 0.05) is 69.9 Å². The molecule has 2 N–H and O–H groups in total. The Bertz CT molecular complexity index is 2090. The van der Waals surface area contributed by atoms with Crippen LogP contribution in [0, 0.1) is 23.2 Å². The van der Waals surface area contributed by atoms with Gasteiger partial charge in [-0.15, -0.1) is 10.2 Å². The summed E-state index contributed by atoms with van der Waals surface area (Å²) in [7, 11) is 0. The molecule has 8 rings (SSSR count). The molecule has 290 valence electrons. The summed E-state index contributed by atoms with van der Waals surface area (Å²) < 4.78 is 6.03. The molecule has 0 radical (unpaired) electrons. The molecule has 1 aliphatic carbocycles. The van der Waals surface area contributed by atoms with Crippen molar-refractivity contribution in [2.24, 2.45) is 11.8 Å². The first-order valence-corrected chi connectivity index (χ1v) is 19.6. The Labute approximate surface area is 328 Å². The Morgan fingerprint density at radius 1 is 0.875 bits per heavy atom. The maximum Gasteiger partial charge on any atom is 0.262 e. The lowest BCUT2D eigenvalue weighted by Gasteiger charge is -2.39. The van der Waals surface area contributed by atoms with Gasteiger partial charge in [0.1, 0.15) is 17.9 Å². The van der Waals surface area contributed by atoms with E-state index in [0.717, 1.165) is 81.5 Å². The molecule has 1 saturated carbocycles. The predicted octanol–water partition coefficient (Wildman–Crippen LogP) is 3.63. The number of anilines is 3. The van der Waals surface area contributed by atoms with Gasteiger partial charge >= 0.3 is 0 Å². The number of fused-ring (bicyclic) bond motifs is 1. The third-order valence-electron chi connectivity index (χ3n) is 11.6. The highest BCUT2D eigenvalue weighted by atomic mass is 35.5. The number of nitrogens with one attached hydrogen (secondary N) is 2. The second-order valence-electron chi connectivity index (χ2n) is 15.2. The number of hydrogen-bond acceptors (Lipinski definition) is 12. The second-order valence-corrected chi connectivity index (χ2v) is 15.6. The van der Waals surface area contributed by atoms with Gasteiger partial charge in [0.15, 0.2) is 11.6 Å². The van der Waals surface area contributed by atoms with Crippen molar-refractivity contribution >= 4 is 58.5 Å². The van der Waals surface area contributed by atoms with Crippen LogP contribution in [0.15, 0.2) is 48.5 Å². The topological polar surface area (TPSA) is 181 Å². The zero-order valence-corrected chi connectivity index (χ0v) is 31.5. The summed E-state index contributed by atoms with van der Waals surface area (Å²) in [5.41, 5.74) is 1.85. The summed E-state index contributed by atoms with van der Waals surface area (Å²) in [6.07, 6.45) is 4.19.